The molecule has 0 aliphatic carbocycles. The van der Waals surface area contributed by atoms with Gasteiger partial charge in [-0.2, -0.15) is 5.10 Å². The Labute approximate surface area is 219 Å². The van der Waals surface area contributed by atoms with E-state index in [0.717, 1.165) is 36.6 Å². The molecule has 1 fully saturated rings. The molecule has 11 heteroatoms. The van der Waals surface area contributed by atoms with Crippen LogP contribution < -0.4 is 20.7 Å². The van der Waals surface area contributed by atoms with Crippen LogP contribution in [0.25, 0.3) is 11.3 Å². The molecule has 3 heterocycles. The van der Waals surface area contributed by atoms with Gasteiger partial charge in [-0.05, 0) is 74.8 Å². The van der Waals surface area contributed by atoms with Crippen LogP contribution in [0.15, 0.2) is 65.2 Å². The third-order valence-corrected chi connectivity index (χ3v) is 6.13. The molecule has 11 nitrogen and oxygen atoms in total. The molecule has 1 saturated heterocycles. The summed E-state index contributed by atoms with van der Waals surface area (Å²) in [5, 5.41) is 19.0. The molecule has 1 aliphatic heterocycles. The number of nitrogens with zero attached hydrogens (tertiary/aromatic N) is 3. The van der Waals surface area contributed by atoms with E-state index < -0.39 is 6.03 Å². The number of rotatable bonds is 9. The number of aryl methyl sites for hydroxylation is 1. The predicted molar refractivity (Wildman–Crippen MR) is 143 cm³/mol. The minimum absolute atomic E-state index is 0.264. The first-order valence-corrected chi connectivity index (χ1v) is 12.5. The van der Waals surface area contributed by atoms with E-state index >= 15 is 0 Å². The van der Waals surface area contributed by atoms with Crippen molar-refractivity contribution in [2.75, 3.05) is 42.2 Å². The summed E-state index contributed by atoms with van der Waals surface area (Å²) in [6.45, 7) is 5.58. The molecule has 196 valence electrons. The molecule has 0 bridgehead atoms. The minimum atomic E-state index is -0.431. The maximum absolute atomic E-state index is 12.7. The van der Waals surface area contributed by atoms with E-state index in [2.05, 4.69) is 36.2 Å². The molecule has 3 amide bonds. The van der Waals surface area contributed by atoms with E-state index in [0.29, 0.717) is 35.3 Å². The fraction of sp³-hybridized carbons (Fsp3) is 0.259. The first-order chi connectivity index (χ1) is 18.5. The third-order valence-electron chi connectivity index (χ3n) is 6.13. The Hall–Kier alpha value is -4.64. The summed E-state index contributed by atoms with van der Waals surface area (Å²) in [5.41, 5.74) is 2.67. The summed E-state index contributed by atoms with van der Waals surface area (Å²) < 4.78 is 10.7. The van der Waals surface area contributed by atoms with Crippen LogP contribution in [0.5, 0.6) is 5.75 Å². The molecule has 1 aliphatic rings. The molecule has 2 aromatic carbocycles. The van der Waals surface area contributed by atoms with Crippen molar-refractivity contribution in [1.82, 2.24) is 20.3 Å². The summed E-state index contributed by atoms with van der Waals surface area (Å²) in [4.78, 5) is 27.2. The lowest BCUT2D eigenvalue weighted by Crippen LogP contribution is -2.25. The maximum Gasteiger partial charge on any atom is 0.324 e. The second-order valence-electron chi connectivity index (χ2n) is 9.02. The Morgan fingerprint density at radius 3 is 2.45 bits per heavy atom. The Morgan fingerprint density at radius 1 is 0.974 bits per heavy atom. The van der Waals surface area contributed by atoms with Gasteiger partial charge in [0.25, 0.3) is 5.91 Å². The highest BCUT2D eigenvalue weighted by Crippen LogP contribution is 2.23. The number of carbonyl (C=O) groups excluding carboxylic acids is 2. The molecule has 0 atom stereocenters. The van der Waals surface area contributed by atoms with E-state index in [-0.39, 0.29) is 5.91 Å². The predicted octanol–water partition coefficient (Wildman–Crippen LogP) is 4.74. The SMILES string of the molecule is Cc1cc(NC(=O)Nc2ccc(-c3cc(NC(=O)c4ccc(OCCN5CCCC5)cc4)n[nH]3)cc2)no1. The summed E-state index contributed by atoms with van der Waals surface area (Å²) >= 11 is 0. The van der Waals surface area contributed by atoms with Crippen LogP contribution in [0.2, 0.25) is 0 Å². The van der Waals surface area contributed by atoms with E-state index in [1.165, 1.54) is 12.8 Å². The molecule has 4 N–H and O–H groups in total. The quantitative estimate of drug-likeness (QED) is 0.253. The average Bonchev–Trinajstić information content (AvgIpc) is 3.68. The molecule has 38 heavy (non-hydrogen) atoms. The summed E-state index contributed by atoms with van der Waals surface area (Å²) in [6.07, 6.45) is 2.52. The molecular formula is C27H29N7O4. The Bertz CT molecular complexity index is 1370. The molecule has 4 aromatic rings. The van der Waals surface area contributed by atoms with Crippen LogP contribution in [0.1, 0.15) is 29.0 Å². The van der Waals surface area contributed by atoms with Gasteiger partial charge in [-0.1, -0.05) is 17.3 Å². The number of hydrogen-bond donors (Lipinski definition) is 4. The fourth-order valence-corrected chi connectivity index (χ4v) is 4.16. The van der Waals surface area contributed by atoms with Crippen molar-refractivity contribution < 1.29 is 18.8 Å². The number of urea groups is 1. The van der Waals surface area contributed by atoms with Gasteiger partial charge < -0.3 is 19.9 Å². The number of ether oxygens (including phenoxy) is 1. The molecule has 0 saturated carbocycles. The highest BCUT2D eigenvalue weighted by molar-refractivity contribution is 6.04. The lowest BCUT2D eigenvalue weighted by atomic mass is 10.1. The second kappa shape index (κ2) is 11.6. The summed E-state index contributed by atoms with van der Waals surface area (Å²) in [6, 6.07) is 17.2. The van der Waals surface area contributed by atoms with Crippen LogP contribution in [0.3, 0.4) is 0 Å². The fourth-order valence-electron chi connectivity index (χ4n) is 4.16. The van der Waals surface area contributed by atoms with E-state index in [1.807, 2.05) is 12.1 Å². The smallest absolute Gasteiger partial charge is 0.324 e. The third kappa shape index (κ3) is 6.56. The van der Waals surface area contributed by atoms with Crippen molar-refractivity contribution in [3.05, 3.63) is 72.0 Å². The average molecular weight is 516 g/mol. The minimum Gasteiger partial charge on any atom is -0.492 e. The van der Waals surface area contributed by atoms with Crippen molar-refractivity contribution in [3.63, 3.8) is 0 Å². The van der Waals surface area contributed by atoms with Gasteiger partial charge in [0.1, 0.15) is 18.1 Å². The van der Waals surface area contributed by atoms with Crippen LogP contribution in [-0.2, 0) is 0 Å². The zero-order valence-electron chi connectivity index (χ0n) is 21.0. The van der Waals surface area contributed by atoms with Gasteiger partial charge in [0.05, 0.1) is 5.69 Å². The number of amides is 3. The highest BCUT2D eigenvalue weighted by atomic mass is 16.5. The normalized spacial score (nSPS) is 13.3. The Morgan fingerprint density at radius 2 is 1.74 bits per heavy atom. The van der Waals surface area contributed by atoms with Crippen LogP contribution >= 0.6 is 0 Å². The first-order valence-electron chi connectivity index (χ1n) is 12.5. The van der Waals surface area contributed by atoms with Crippen molar-refractivity contribution in [2.24, 2.45) is 0 Å². The zero-order chi connectivity index (χ0) is 26.3. The Balaban J connectivity index is 1.11. The van der Waals surface area contributed by atoms with Gasteiger partial charge in [0, 0.05) is 29.9 Å². The number of H-pyrrole nitrogens is 1. The number of likely N-dealkylation sites (tertiary alicyclic amines) is 1. The number of hydrogen-bond acceptors (Lipinski definition) is 7. The van der Waals surface area contributed by atoms with Crippen LogP contribution in [-0.4, -0.2) is 58.4 Å². The van der Waals surface area contributed by atoms with Gasteiger partial charge in [0.15, 0.2) is 11.6 Å². The standard InChI is InChI=1S/C27H29N7O4/c1-18-16-25(33-38-18)30-27(36)28-21-8-4-19(5-9-21)23-17-24(32-31-23)29-26(35)20-6-10-22(11-7-20)37-15-14-34-12-2-3-13-34/h4-11,16-17H,2-3,12-15H2,1H3,(H2,28,30,33,36)(H2,29,31,32,35). The number of aromatic amines is 1. The van der Waals surface area contributed by atoms with Gasteiger partial charge in [-0.3, -0.25) is 20.1 Å². The van der Waals surface area contributed by atoms with Gasteiger partial charge in [0.2, 0.25) is 0 Å². The lowest BCUT2D eigenvalue weighted by Gasteiger charge is -2.14. The molecule has 2 aromatic heterocycles. The van der Waals surface area contributed by atoms with Crippen molar-refractivity contribution in [3.8, 4) is 17.0 Å². The number of benzene rings is 2. The van der Waals surface area contributed by atoms with Gasteiger partial charge >= 0.3 is 6.03 Å². The molecule has 0 unspecified atom stereocenters. The van der Waals surface area contributed by atoms with Gasteiger partial charge in [-0.25, -0.2) is 4.79 Å². The Kier molecular flexibility index (Phi) is 7.65. The first kappa shape index (κ1) is 25.0. The summed E-state index contributed by atoms with van der Waals surface area (Å²) in [7, 11) is 0. The zero-order valence-corrected chi connectivity index (χ0v) is 21.0. The van der Waals surface area contributed by atoms with Crippen molar-refractivity contribution in [2.45, 2.75) is 19.8 Å². The van der Waals surface area contributed by atoms with Crippen molar-refractivity contribution in [1.29, 1.82) is 0 Å². The maximum atomic E-state index is 12.7. The largest absolute Gasteiger partial charge is 0.492 e. The second-order valence-corrected chi connectivity index (χ2v) is 9.02. The van der Waals surface area contributed by atoms with E-state index in [4.69, 9.17) is 9.26 Å². The lowest BCUT2D eigenvalue weighted by molar-refractivity contribution is 0.102. The monoisotopic (exact) mass is 515 g/mol. The highest BCUT2D eigenvalue weighted by Gasteiger charge is 2.13. The number of anilines is 3. The molecule has 5 rings (SSSR count). The molecular weight excluding hydrogens is 486 g/mol. The van der Waals surface area contributed by atoms with Crippen LogP contribution in [0, 0.1) is 6.92 Å². The van der Waals surface area contributed by atoms with Crippen molar-refractivity contribution >= 4 is 29.3 Å². The van der Waals surface area contributed by atoms with Gasteiger partial charge in [-0.15, -0.1) is 0 Å². The number of carbonyl (C=O) groups is 2. The molecule has 0 spiro atoms. The topological polar surface area (TPSA) is 137 Å². The molecule has 0 radical (unpaired) electrons. The summed E-state index contributed by atoms with van der Waals surface area (Å²) in [5.74, 6) is 1.82. The van der Waals surface area contributed by atoms with E-state index in [9.17, 15) is 9.59 Å². The van der Waals surface area contributed by atoms with E-state index in [1.54, 1.807) is 55.5 Å². The van der Waals surface area contributed by atoms with Crippen LogP contribution in [0.4, 0.5) is 22.1 Å². The number of nitrogens with one attached hydrogen (secondary N) is 4. The number of aromatic nitrogens is 3.